The molecule has 0 aliphatic carbocycles. The molecule has 2 unspecified atom stereocenters. The van der Waals surface area contributed by atoms with Crippen LogP contribution in [0.5, 0.6) is 0 Å². The molecule has 2 atom stereocenters. The average Bonchev–Trinajstić information content (AvgIpc) is 3.13. The highest BCUT2D eigenvalue weighted by Gasteiger charge is 2.24. The Morgan fingerprint density at radius 3 is 2.68 bits per heavy atom. The van der Waals surface area contributed by atoms with Crippen LogP contribution in [-0.4, -0.2) is 83.0 Å². The van der Waals surface area contributed by atoms with Gasteiger partial charge in [-0.3, -0.25) is 9.48 Å². The van der Waals surface area contributed by atoms with Crippen molar-refractivity contribution in [1.29, 1.82) is 0 Å². The van der Waals surface area contributed by atoms with Gasteiger partial charge in [0.2, 0.25) is 0 Å². The molecule has 2 saturated heterocycles. The first-order chi connectivity index (χ1) is 12.5. The summed E-state index contributed by atoms with van der Waals surface area (Å²) in [5.41, 5.74) is 0.546. The van der Waals surface area contributed by atoms with E-state index in [4.69, 9.17) is 0 Å². The number of nitrogens with one attached hydrogen (secondary N) is 1. The van der Waals surface area contributed by atoms with E-state index < -0.39 is 0 Å². The predicted octanol–water partition coefficient (Wildman–Crippen LogP) is 1.82. The van der Waals surface area contributed by atoms with E-state index in [1.807, 2.05) is 35.8 Å². The van der Waals surface area contributed by atoms with E-state index in [0.29, 0.717) is 17.7 Å². The fourth-order valence-electron chi connectivity index (χ4n) is 4.11. The van der Waals surface area contributed by atoms with Crippen LogP contribution in [0.15, 0.2) is 12.3 Å². The molecule has 1 aromatic heterocycles. The highest BCUT2D eigenvalue weighted by Crippen LogP contribution is 2.20. The molecule has 7 nitrogen and oxygen atoms in total. The molecule has 28 heavy (non-hydrogen) atoms. The molecule has 0 saturated carbocycles. The van der Waals surface area contributed by atoms with Crippen molar-refractivity contribution in [3.8, 4) is 0 Å². The molecule has 0 aromatic carbocycles. The van der Waals surface area contributed by atoms with Crippen molar-refractivity contribution in [3.05, 3.63) is 18.0 Å². The Morgan fingerprint density at radius 2 is 2.07 bits per heavy atom. The third kappa shape index (κ3) is 6.88. The van der Waals surface area contributed by atoms with Crippen molar-refractivity contribution < 1.29 is 9.90 Å². The van der Waals surface area contributed by atoms with E-state index in [9.17, 15) is 9.90 Å². The molecule has 2 N–H and O–H groups in total. The lowest BCUT2D eigenvalue weighted by Gasteiger charge is -2.34. The predicted molar refractivity (Wildman–Crippen MR) is 116 cm³/mol. The van der Waals surface area contributed by atoms with Crippen LogP contribution in [0, 0.1) is 5.92 Å². The van der Waals surface area contributed by atoms with Gasteiger partial charge in [0.15, 0.2) is 0 Å². The Bertz CT molecular complexity index is 585. The van der Waals surface area contributed by atoms with Gasteiger partial charge in [-0.1, -0.05) is 0 Å². The van der Waals surface area contributed by atoms with Crippen LogP contribution in [0.3, 0.4) is 0 Å². The minimum atomic E-state index is -0.273. The first kappa shape index (κ1) is 25.2. The molecule has 1 amide bonds. The Labute approximate surface area is 180 Å². The van der Waals surface area contributed by atoms with Crippen molar-refractivity contribution >= 4 is 30.7 Å². The third-order valence-corrected chi connectivity index (χ3v) is 5.58. The SMILES string of the molecule is CC(O)CN1CCC(CN(C)C(=O)c2ccn(C3CCCNC3)n2)CC1.Cl.Cl. The monoisotopic (exact) mass is 435 g/mol. The molecule has 3 rings (SSSR count). The number of halogens is 2. The smallest absolute Gasteiger partial charge is 0.274 e. The number of likely N-dealkylation sites (tertiary alicyclic amines) is 1. The maximum atomic E-state index is 12.7. The number of rotatable bonds is 6. The zero-order chi connectivity index (χ0) is 18.5. The highest BCUT2D eigenvalue weighted by atomic mass is 35.5. The molecule has 0 radical (unpaired) electrons. The summed E-state index contributed by atoms with van der Waals surface area (Å²) < 4.78 is 1.95. The maximum absolute atomic E-state index is 12.7. The van der Waals surface area contributed by atoms with E-state index in [-0.39, 0.29) is 36.8 Å². The van der Waals surface area contributed by atoms with Gasteiger partial charge in [-0.2, -0.15) is 5.10 Å². The summed E-state index contributed by atoms with van der Waals surface area (Å²) in [4.78, 5) is 16.8. The Morgan fingerprint density at radius 1 is 1.36 bits per heavy atom. The van der Waals surface area contributed by atoms with Gasteiger partial charge in [-0.15, -0.1) is 24.8 Å². The Kier molecular flexibility index (Phi) is 10.8. The first-order valence-electron chi connectivity index (χ1n) is 9.94. The molecule has 2 fully saturated rings. The normalized spacial score (nSPS) is 22.0. The number of β-amino-alcohol motifs (C(OH)–C–C–N with tert-alkyl or cyclic N) is 1. The Hall–Kier alpha value is -0.860. The zero-order valence-corrected chi connectivity index (χ0v) is 18.6. The molecule has 0 bridgehead atoms. The Balaban J connectivity index is 0.00000196. The van der Waals surface area contributed by atoms with Gasteiger partial charge in [0.1, 0.15) is 5.69 Å². The lowest BCUT2D eigenvalue weighted by molar-refractivity contribution is 0.0696. The number of amides is 1. The second kappa shape index (κ2) is 12.0. The van der Waals surface area contributed by atoms with Crippen molar-refractivity contribution in [3.63, 3.8) is 0 Å². The summed E-state index contributed by atoms with van der Waals surface area (Å²) in [6.45, 7) is 7.36. The summed E-state index contributed by atoms with van der Waals surface area (Å²) in [6, 6.07) is 2.20. The van der Waals surface area contributed by atoms with Gasteiger partial charge in [-0.25, -0.2) is 0 Å². The van der Waals surface area contributed by atoms with E-state index in [1.54, 1.807) is 0 Å². The van der Waals surface area contributed by atoms with Gasteiger partial charge in [-0.05, 0) is 64.2 Å². The minimum absolute atomic E-state index is 0. The quantitative estimate of drug-likeness (QED) is 0.712. The third-order valence-electron chi connectivity index (χ3n) is 5.58. The zero-order valence-electron chi connectivity index (χ0n) is 16.9. The maximum Gasteiger partial charge on any atom is 0.274 e. The number of hydrogen-bond donors (Lipinski definition) is 2. The average molecular weight is 436 g/mol. The highest BCUT2D eigenvalue weighted by molar-refractivity contribution is 5.92. The molecule has 2 aliphatic rings. The number of piperidine rings is 2. The van der Waals surface area contributed by atoms with Gasteiger partial charge in [0, 0.05) is 32.9 Å². The van der Waals surface area contributed by atoms with Crippen LogP contribution in [0.2, 0.25) is 0 Å². The molecule has 9 heteroatoms. The molecular weight excluding hydrogens is 401 g/mol. The topological polar surface area (TPSA) is 73.6 Å². The summed E-state index contributed by atoms with van der Waals surface area (Å²) >= 11 is 0. The van der Waals surface area contributed by atoms with Crippen LogP contribution in [0.4, 0.5) is 0 Å². The molecule has 162 valence electrons. The number of aliphatic hydroxyl groups is 1. The summed E-state index contributed by atoms with van der Waals surface area (Å²) in [5, 5.41) is 17.4. The van der Waals surface area contributed by atoms with Gasteiger partial charge >= 0.3 is 0 Å². The standard InChI is InChI=1S/C19H33N5O2.2ClH/c1-15(25)13-23-9-5-16(6-10-23)14-22(2)19(26)18-7-11-24(21-18)17-4-3-8-20-12-17;;/h7,11,15-17,20,25H,3-6,8-10,12-14H2,1-2H3;2*1H. The van der Waals surface area contributed by atoms with E-state index >= 15 is 0 Å². The lowest BCUT2D eigenvalue weighted by atomic mass is 9.96. The second-order valence-corrected chi connectivity index (χ2v) is 7.96. The van der Waals surface area contributed by atoms with Crippen molar-refractivity contribution in [2.45, 2.75) is 44.8 Å². The van der Waals surface area contributed by atoms with E-state index in [0.717, 1.165) is 65.0 Å². The fourth-order valence-corrected chi connectivity index (χ4v) is 4.11. The molecule has 3 heterocycles. The minimum Gasteiger partial charge on any atom is -0.392 e. The number of aromatic nitrogens is 2. The van der Waals surface area contributed by atoms with Gasteiger partial charge < -0.3 is 20.2 Å². The molecule has 1 aromatic rings. The van der Waals surface area contributed by atoms with Crippen LogP contribution >= 0.6 is 24.8 Å². The molecule has 2 aliphatic heterocycles. The second-order valence-electron chi connectivity index (χ2n) is 7.96. The largest absolute Gasteiger partial charge is 0.392 e. The summed E-state index contributed by atoms with van der Waals surface area (Å²) in [7, 11) is 1.88. The van der Waals surface area contributed by atoms with E-state index in [2.05, 4.69) is 15.3 Å². The van der Waals surface area contributed by atoms with E-state index in [1.165, 1.54) is 0 Å². The van der Waals surface area contributed by atoms with Crippen molar-refractivity contribution in [2.24, 2.45) is 5.92 Å². The van der Waals surface area contributed by atoms with Crippen LogP contribution < -0.4 is 5.32 Å². The van der Waals surface area contributed by atoms with Crippen LogP contribution in [0.1, 0.15) is 49.1 Å². The number of carbonyl (C=O) groups excluding carboxylic acids is 1. The van der Waals surface area contributed by atoms with Crippen molar-refractivity contribution in [2.75, 3.05) is 46.3 Å². The fraction of sp³-hybridized carbons (Fsp3) is 0.789. The van der Waals surface area contributed by atoms with Crippen LogP contribution in [0.25, 0.3) is 0 Å². The number of hydrogen-bond acceptors (Lipinski definition) is 5. The van der Waals surface area contributed by atoms with Crippen LogP contribution in [-0.2, 0) is 0 Å². The number of nitrogens with zero attached hydrogens (tertiary/aromatic N) is 4. The number of aliphatic hydroxyl groups excluding tert-OH is 1. The van der Waals surface area contributed by atoms with Crippen molar-refractivity contribution in [1.82, 2.24) is 24.9 Å². The number of carbonyl (C=O) groups is 1. The molecule has 0 spiro atoms. The first-order valence-corrected chi connectivity index (χ1v) is 9.94. The summed E-state index contributed by atoms with van der Waals surface area (Å²) in [5.74, 6) is 0.540. The summed E-state index contributed by atoms with van der Waals surface area (Å²) in [6.07, 6.45) is 6.09. The molecular formula is C19H35Cl2N5O2. The lowest BCUT2D eigenvalue weighted by Crippen LogP contribution is -2.41. The van der Waals surface area contributed by atoms with Gasteiger partial charge in [0.05, 0.1) is 12.1 Å². The van der Waals surface area contributed by atoms with Gasteiger partial charge in [0.25, 0.3) is 5.91 Å².